The average molecular weight is 103 g/mol. The topological polar surface area (TPSA) is 116 Å². The number of nitrogens with zero attached hydrogens (tertiary/aromatic N) is 2. The van der Waals surface area contributed by atoms with Gasteiger partial charge >= 0.3 is 6.15 Å². The Hall–Kier alpha value is -1.60. The van der Waals surface area contributed by atoms with Crippen molar-refractivity contribution in [1.82, 2.24) is 0 Å². The van der Waals surface area contributed by atoms with E-state index in [1.54, 1.807) is 0 Å². The normalized spacial score (nSPS) is 2.00. The summed E-state index contributed by atoms with van der Waals surface area (Å²) < 4.78 is 0. The van der Waals surface area contributed by atoms with Gasteiger partial charge in [-0.15, -0.1) is 0 Å². The van der Waals surface area contributed by atoms with Crippen LogP contribution in [0.1, 0.15) is 0 Å². The Kier molecular flexibility index (Phi) is 366. The molecule has 0 spiro atoms. The third kappa shape index (κ3) is 9.90. The molecular formula is CN2O4. The van der Waals surface area contributed by atoms with E-state index in [1.807, 2.05) is 0 Å². The molecule has 0 atom stereocenters. The van der Waals surface area contributed by atoms with Gasteiger partial charge in [-0.3, -0.25) is 0 Å². The molecule has 0 aliphatic rings. The van der Waals surface area contributed by atoms with Crippen LogP contribution in [0.4, 0.5) is 0 Å². The quantitative estimate of drug-likeness (QED) is 0.382. The zero-order chi connectivity index (χ0) is 6.71. The molecule has 0 bridgehead atoms. The lowest BCUT2D eigenvalue weighted by atomic mass is 10.8. The summed E-state index contributed by atoms with van der Waals surface area (Å²) >= 11 is 0. The summed E-state index contributed by atoms with van der Waals surface area (Å²) in [4.78, 5) is 30.2. The maximum absolute atomic E-state index is 8.12. The first-order valence-electron chi connectivity index (χ1n) is 0.775. The maximum Gasteiger partial charge on any atom is 0.373 e. The average Bonchev–Trinajstić information content (AvgIpc) is 1.78. The standard InChI is InChI=1S/CO2.N2.O2/c2-1-3;2*1-2/i1-1;;. The van der Waals surface area contributed by atoms with Gasteiger partial charge in [-0.1, -0.05) is 0 Å². The second kappa shape index (κ2) is 141. The molecular weight excluding hydrogens is 103 g/mol. The molecule has 0 N–H and O–H groups in total. The summed E-state index contributed by atoms with van der Waals surface area (Å²) in [5, 5.41) is 12.0. The third-order valence-electron chi connectivity index (χ3n) is 0. The Morgan fingerprint density at radius 1 is 1.00 bits per heavy atom. The lowest BCUT2D eigenvalue weighted by Gasteiger charge is -0.945. The SMILES string of the molecule is N#N.O=O.O=[11C]=O. The van der Waals surface area contributed by atoms with Crippen molar-refractivity contribution in [3.63, 3.8) is 0 Å². The van der Waals surface area contributed by atoms with E-state index in [0.29, 0.717) is 0 Å². The minimum Gasteiger partial charge on any atom is -0.186 e. The Balaban J connectivity index is -0.0000000360. The smallest absolute Gasteiger partial charge is 0.186 e. The molecule has 0 aliphatic carbocycles. The molecule has 0 fully saturated rings. The van der Waals surface area contributed by atoms with E-state index in [9.17, 15) is 0 Å². The van der Waals surface area contributed by atoms with E-state index in [-0.39, 0.29) is 6.15 Å². The zero-order valence-electron chi connectivity index (χ0n) is 3.03. The fraction of sp³-hybridized carbons (Fsp3) is 0. The summed E-state index contributed by atoms with van der Waals surface area (Å²) in [6.07, 6.45) is 0.250. The second-order valence-corrected chi connectivity index (χ2v) is 0.0833. The first-order valence-corrected chi connectivity index (χ1v) is 0.775. The van der Waals surface area contributed by atoms with Gasteiger partial charge in [0.1, 0.15) is 0 Å². The van der Waals surface area contributed by atoms with Crippen LogP contribution in [-0.2, 0) is 9.59 Å². The van der Waals surface area contributed by atoms with Crippen LogP contribution in [0.15, 0.2) is 0 Å². The number of hydrogen-bond acceptors (Lipinski definition) is 6. The molecule has 6 nitrogen and oxygen atoms in total. The predicted molar refractivity (Wildman–Crippen MR) is 15.2 cm³/mol. The van der Waals surface area contributed by atoms with E-state index >= 15 is 0 Å². The van der Waals surface area contributed by atoms with Gasteiger partial charge in [0, 0.05) is 20.7 Å². The van der Waals surface area contributed by atoms with Crippen LogP contribution in [0.5, 0.6) is 0 Å². The molecule has 0 saturated heterocycles. The Bertz CT molecular complexity index is 61.3. The molecule has 0 rings (SSSR count). The Labute approximate surface area is 37.8 Å². The van der Waals surface area contributed by atoms with Crippen LogP contribution in [0.3, 0.4) is 0 Å². The maximum atomic E-state index is 8.12. The van der Waals surface area contributed by atoms with Gasteiger partial charge in [0.15, 0.2) is 0 Å². The van der Waals surface area contributed by atoms with Crippen molar-refractivity contribution in [2.24, 2.45) is 0 Å². The van der Waals surface area contributed by atoms with Crippen molar-refractivity contribution in [3.05, 3.63) is 9.93 Å². The summed E-state index contributed by atoms with van der Waals surface area (Å²) in [6, 6.07) is 0. The van der Waals surface area contributed by atoms with E-state index in [4.69, 9.17) is 30.3 Å². The Morgan fingerprint density at radius 3 is 1.00 bits per heavy atom. The molecule has 0 saturated carbocycles. The molecule has 0 heterocycles. The van der Waals surface area contributed by atoms with Crippen molar-refractivity contribution in [2.75, 3.05) is 0 Å². The lowest BCUT2D eigenvalue weighted by Crippen LogP contribution is -1.22. The van der Waals surface area contributed by atoms with Gasteiger partial charge in [-0.05, 0) is 0 Å². The van der Waals surface area contributed by atoms with E-state index < -0.39 is 0 Å². The van der Waals surface area contributed by atoms with Crippen molar-refractivity contribution < 1.29 is 9.59 Å². The van der Waals surface area contributed by atoms with Gasteiger partial charge in [0.05, 0.1) is 0 Å². The minimum atomic E-state index is 0.250. The molecule has 0 aromatic rings. The molecule has 6 heteroatoms. The number of hydrogen-bond donors (Lipinski definition) is 0. The van der Waals surface area contributed by atoms with Gasteiger partial charge in [0.2, 0.25) is 0 Å². The van der Waals surface area contributed by atoms with Crippen molar-refractivity contribution >= 4 is 6.15 Å². The fourth-order valence-corrected chi connectivity index (χ4v) is 0. The van der Waals surface area contributed by atoms with Crippen LogP contribution in [0.2, 0.25) is 0 Å². The molecule has 0 radical (unpaired) electrons. The van der Waals surface area contributed by atoms with Crippen molar-refractivity contribution in [2.45, 2.75) is 0 Å². The van der Waals surface area contributed by atoms with Crippen LogP contribution in [0, 0.1) is 20.7 Å². The molecule has 0 aromatic heterocycles. The van der Waals surface area contributed by atoms with Gasteiger partial charge in [0.25, 0.3) is 0 Å². The predicted octanol–water partition coefficient (Wildman–Crippen LogP) is -0.486. The summed E-state index contributed by atoms with van der Waals surface area (Å²) in [5.41, 5.74) is 0. The molecule has 7 heavy (non-hydrogen) atoms. The molecule has 0 aromatic carbocycles. The molecule has 38 valence electrons. The van der Waals surface area contributed by atoms with Crippen LogP contribution in [-0.4, -0.2) is 6.15 Å². The fourth-order valence-electron chi connectivity index (χ4n) is 0. The minimum absolute atomic E-state index is 0.250. The molecule has 0 amide bonds. The first-order chi connectivity index (χ1) is 3.41. The second-order valence-electron chi connectivity index (χ2n) is 0.0833. The van der Waals surface area contributed by atoms with E-state index in [0.717, 1.165) is 0 Å². The highest BCUT2D eigenvalue weighted by atomic mass is 16.7. The third-order valence-corrected chi connectivity index (χ3v) is 0. The monoisotopic (exact) mass is 103 g/mol. The van der Waals surface area contributed by atoms with Crippen LogP contribution in [0.25, 0.3) is 0 Å². The Morgan fingerprint density at radius 2 is 1.00 bits per heavy atom. The van der Waals surface area contributed by atoms with E-state index in [2.05, 4.69) is 0 Å². The van der Waals surface area contributed by atoms with Gasteiger partial charge < -0.3 is 0 Å². The largest absolute Gasteiger partial charge is 0.373 e. The highest BCUT2D eigenvalue weighted by Crippen LogP contribution is 0.787. The molecule has 0 unspecified atom stereocenters. The van der Waals surface area contributed by atoms with Crippen LogP contribution < -0.4 is 0 Å². The summed E-state index contributed by atoms with van der Waals surface area (Å²) in [6.45, 7) is 0. The summed E-state index contributed by atoms with van der Waals surface area (Å²) in [7, 11) is 0. The van der Waals surface area contributed by atoms with Crippen LogP contribution >= 0.6 is 0 Å². The molecule has 0 aliphatic heterocycles. The highest BCUT2D eigenvalue weighted by molar-refractivity contribution is 5.20. The number of rotatable bonds is 0. The zero-order valence-corrected chi connectivity index (χ0v) is 3.03. The van der Waals surface area contributed by atoms with E-state index in [1.165, 1.54) is 0 Å². The van der Waals surface area contributed by atoms with Gasteiger partial charge in [-0.2, -0.15) is 9.59 Å². The summed E-state index contributed by atoms with van der Waals surface area (Å²) in [5.74, 6) is 0. The van der Waals surface area contributed by atoms with Gasteiger partial charge in [-0.25, -0.2) is 0 Å². The van der Waals surface area contributed by atoms with Crippen molar-refractivity contribution in [3.8, 4) is 0 Å². The lowest BCUT2D eigenvalue weighted by molar-refractivity contribution is -0.191. The number of carbonyl (C=O) groups excluding carboxylic acids is 2. The first kappa shape index (κ1) is 18.1. The van der Waals surface area contributed by atoms with Crippen molar-refractivity contribution in [1.29, 1.82) is 10.8 Å². The highest BCUT2D eigenvalue weighted by Gasteiger charge is 1.13.